The molecule has 2 aromatic rings. The number of aromatic nitrogens is 1. The minimum atomic E-state index is -1.06. The molecule has 0 aliphatic rings. The predicted molar refractivity (Wildman–Crippen MR) is 66.9 cm³/mol. The summed E-state index contributed by atoms with van der Waals surface area (Å²) in [6, 6.07) is 6.85. The van der Waals surface area contributed by atoms with Crippen molar-refractivity contribution in [3.05, 3.63) is 40.2 Å². The molecule has 1 aromatic carbocycles. The number of aryl methyl sites for hydroxylation is 1. The van der Waals surface area contributed by atoms with Crippen molar-refractivity contribution < 1.29 is 9.90 Å². The van der Waals surface area contributed by atoms with E-state index in [9.17, 15) is 4.79 Å². The maximum Gasteiger partial charge on any atom is 0.327 e. The van der Waals surface area contributed by atoms with E-state index in [1.165, 1.54) is 11.3 Å². The third-order valence-corrected chi connectivity index (χ3v) is 3.30. The molecular formula is C12H12N2O2S. The first-order chi connectivity index (χ1) is 8.08. The molecule has 17 heavy (non-hydrogen) atoms. The van der Waals surface area contributed by atoms with E-state index in [-0.39, 0.29) is 0 Å². The molecule has 1 unspecified atom stereocenters. The van der Waals surface area contributed by atoms with Crippen LogP contribution in [0.1, 0.15) is 16.6 Å². The number of nitrogens with zero attached hydrogens (tertiary/aromatic N) is 1. The van der Waals surface area contributed by atoms with Crippen LogP contribution in [0.25, 0.3) is 11.3 Å². The summed E-state index contributed by atoms with van der Waals surface area (Å²) < 4.78 is 0. The quantitative estimate of drug-likeness (QED) is 0.873. The molecule has 0 fully saturated rings. The van der Waals surface area contributed by atoms with Crippen molar-refractivity contribution in [2.24, 2.45) is 5.73 Å². The van der Waals surface area contributed by atoms with Crippen LogP contribution in [0.2, 0.25) is 0 Å². The molecule has 88 valence electrons. The first-order valence-corrected chi connectivity index (χ1v) is 5.97. The monoisotopic (exact) mass is 248 g/mol. The summed E-state index contributed by atoms with van der Waals surface area (Å²) in [5.74, 6) is -1.06. The Bertz CT molecular complexity index is 551. The molecule has 2 rings (SSSR count). The van der Waals surface area contributed by atoms with E-state index >= 15 is 0 Å². The lowest BCUT2D eigenvalue weighted by molar-refractivity contribution is -0.138. The molecule has 4 nitrogen and oxygen atoms in total. The number of nitrogens with two attached hydrogens (primary N) is 1. The van der Waals surface area contributed by atoms with Crippen LogP contribution in [0.4, 0.5) is 0 Å². The van der Waals surface area contributed by atoms with Gasteiger partial charge in [0.1, 0.15) is 5.01 Å². The van der Waals surface area contributed by atoms with Crippen LogP contribution in [-0.2, 0) is 4.79 Å². The van der Waals surface area contributed by atoms with Gasteiger partial charge in [-0.1, -0.05) is 23.8 Å². The molecule has 0 saturated carbocycles. The standard InChI is InChI=1S/C12H12N2O2S/c1-7-3-2-4-8(5-7)9-6-17-11(14-9)10(13)12(15)16/h2-6,10H,13H2,1H3,(H,15,16). The number of carbonyl (C=O) groups is 1. The molecule has 0 radical (unpaired) electrons. The van der Waals surface area contributed by atoms with Gasteiger partial charge >= 0.3 is 5.97 Å². The summed E-state index contributed by atoms with van der Waals surface area (Å²) in [6.07, 6.45) is 0. The van der Waals surface area contributed by atoms with Crippen LogP contribution in [0, 0.1) is 6.92 Å². The molecule has 0 saturated heterocycles. The molecule has 0 aliphatic heterocycles. The highest BCUT2D eigenvalue weighted by Gasteiger charge is 2.18. The predicted octanol–water partition coefficient (Wildman–Crippen LogP) is 2.20. The number of aliphatic carboxylic acids is 1. The Labute approximate surface area is 103 Å². The van der Waals surface area contributed by atoms with Gasteiger partial charge in [-0.15, -0.1) is 11.3 Å². The van der Waals surface area contributed by atoms with Crippen LogP contribution in [0.5, 0.6) is 0 Å². The van der Waals surface area contributed by atoms with Gasteiger partial charge in [-0.3, -0.25) is 4.79 Å². The fourth-order valence-corrected chi connectivity index (χ4v) is 2.29. The second kappa shape index (κ2) is 4.65. The van der Waals surface area contributed by atoms with E-state index in [1.807, 2.05) is 36.6 Å². The summed E-state index contributed by atoms with van der Waals surface area (Å²) in [5.41, 5.74) is 8.39. The molecule has 1 heterocycles. The minimum Gasteiger partial charge on any atom is -0.480 e. The zero-order valence-corrected chi connectivity index (χ0v) is 10.1. The minimum absolute atomic E-state index is 0.425. The lowest BCUT2D eigenvalue weighted by atomic mass is 10.1. The van der Waals surface area contributed by atoms with Crippen LogP contribution >= 0.6 is 11.3 Å². The highest BCUT2D eigenvalue weighted by atomic mass is 32.1. The van der Waals surface area contributed by atoms with E-state index < -0.39 is 12.0 Å². The number of hydrogen-bond donors (Lipinski definition) is 2. The topological polar surface area (TPSA) is 76.2 Å². The van der Waals surface area contributed by atoms with Gasteiger partial charge < -0.3 is 10.8 Å². The zero-order valence-electron chi connectivity index (χ0n) is 9.25. The summed E-state index contributed by atoms with van der Waals surface area (Å²) >= 11 is 1.27. The zero-order chi connectivity index (χ0) is 12.4. The third kappa shape index (κ3) is 2.51. The molecule has 0 spiro atoms. The molecule has 1 atom stereocenters. The maximum absolute atomic E-state index is 10.7. The Kier molecular flexibility index (Phi) is 3.21. The molecule has 3 N–H and O–H groups in total. The van der Waals surface area contributed by atoms with Gasteiger partial charge in [0.25, 0.3) is 0 Å². The molecule has 0 aliphatic carbocycles. The molecule has 1 aromatic heterocycles. The van der Waals surface area contributed by atoms with Gasteiger partial charge in [0.05, 0.1) is 5.69 Å². The molecule has 0 amide bonds. The lowest BCUT2D eigenvalue weighted by Gasteiger charge is -2.01. The Morgan fingerprint density at radius 2 is 2.29 bits per heavy atom. The van der Waals surface area contributed by atoms with Crippen LogP contribution < -0.4 is 5.73 Å². The number of rotatable bonds is 3. The average Bonchev–Trinajstić information content (AvgIpc) is 2.77. The van der Waals surface area contributed by atoms with Crippen molar-refractivity contribution in [3.8, 4) is 11.3 Å². The lowest BCUT2D eigenvalue weighted by Crippen LogP contribution is -2.20. The average molecular weight is 248 g/mol. The Morgan fingerprint density at radius 1 is 1.53 bits per heavy atom. The van der Waals surface area contributed by atoms with Crippen molar-refractivity contribution in [2.45, 2.75) is 13.0 Å². The van der Waals surface area contributed by atoms with Crippen molar-refractivity contribution >= 4 is 17.3 Å². The fourth-order valence-electron chi connectivity index (χ4n) is 1.47. The number of benzene rings is 1. The summed E-state index contributed by atoms with van der Waals surface area (Å²) in [7, 11) is 0. The highest BCUT2D eigenvalue weighted by Crippen LogP contribution is 2.25. The number of thiazole rings is 1. The first kappa shape index (κ1) is 11.8. The van der Waals surface area contributed by atoms with Crippen LogP contribution in [0.15, 0.2) is 29.6 Å². The van der Waals surface area contributed by atoms with Gasteiger partial charge in [-0.25, -0.2) is 4.98 Å². The Morgan fingerprint density at radius 3 is 2.94 bits per heavy atom. The maximum atomic E-state index is 10.7. The van der Waals surface area contributed by atoms with Gasteiger partial charge in [0, 0.05) is 10.9 Å². The van der Waals surface area contributed by atoms with Gasteiger partial charge in [-0.2, -0.15) is 0 Å². The molecule has 5 heteroatoms. The third-order valence-electron chi connectivity index (χ3n) is 2.37. The summed E-state index contributed by atoms with van der Waals surface area (Å²) in [4.78, 5) is 15.0. The highest BCUT2D eigenvalue weighted by molar-refractivity contribution is 7.10. The smallest absolute Gasteiger partial charge is 0.327 e. The molecular weight excluding hydrogens is 236 g/mol. The van der Waals surface area contributed by atoms with Crippen LogP contribution in [-0.4, -0.2) is 16.1 Å². The Hall–Kier alpha value is -1.72. The largest absolute Gasteiger partial charge is 0.480 e. The van der Waals surface area contributed by atoms with Crippen molar-refractivity contribution in [1.82, 2.24) is 4.98 Å². The van der Waals surface area contributed by atoms with Crippen LogP contribution in [0.3, 0.4) is 0 Å². The van der Waals surface area contributed by atoms with Gasteiger partial charge in [0.2, 0.25) is 0 Å². The van der Waals surface area contributed by atoms with Crippen molar-refractivity contribution in [1.29, 1.82) is 0 Å². The van der Waals surface area contributed by atoms with E-state index in [4.69, 9.17) is 10.8 Å². The van der Waals surface area contributed by atoms with E-state index in [2.05, 4.69) is 4.98 Å². The molecule has 0 bridgehead atoms. The normalized spacial score (nSPS) is 12.4. The van der Waals surface area contributed by atoms with E-state index in [1.54, 1.807) is 0 Å². The van der Waals surface area contributed by atoms with Crippen molar-refractivity contribution in [3.63, 3.8) is 0 Å². The summed E-state index contributed by atoms with van der Waals surface area (Å²) in [5, 5.41) is 11.1. The number of hydrogen-bond acceptors (Lipinski definition) is 4. The Balaban J connectivity index is 2.33. The summed E-state index contributed by atoms with van der Waals surface area (Å²) in [6.45, 7) is 2.00. The van der Waals surface area contributed by atoms with Gasteiger partial charge in [-0.05, 0) is 13.0 Å². The van der Waals surface area contributed by atoms with E-state index in [0.717, 1.165) is 16.8 Å². The second-order valence-electron chi connectivity index (χ2n) is 3.76. The number of carboxylic acid groups (broad SMARTS) is 1. The second-order valence-corrected chi connectivity index (χ2v) is 4.65. The van der Waals surface area contributed by atoms with Gasteiger partial charge in [0.15, 0.2) is 6.04 Å². The SMILES string of the molecule is Cc1cccc(-c2csc(C(N)C(=O)O)n2)c1. The first-order valence-electron chi connectivity index (χ1n) is 5.09. The van der Waals surface area contributed by atoms with E-state index in [0.29, 0.717) is 5.01 Å². The number of carboxylic acids is 1. The van der Waals surface area contributed by atoms with Crippen molar-refractivity contribution in [2.75, 3.05) is 0 Å². The fraction of sp³-hybridized carbons (Fsp3) is 0.167.